The van der Waals surface area contributed by atoms with Crippen molar-refractivity contribution >= 4 is 29.1 Å². The first-order valence-electron chi connectivity index (χ1n) is 11.8. The zero-order chi connectivity index (χ0) is 21.8. The van der Waals surface area contributed by atoms with Crippen molar-refractivity contribution in [2.45, 2.75) is 71.3 Å². The maximum atomic E-state index is 13.8. The number of hydrogen-bond donors (Lipinski definition) is 2. The molecule has 4 bridgehead atoms. The summed E-state index contributed by atoms with van der Waals surface area (Å²) >= 11 is 0. The Labute approximate surface area is 184 Å². The molecule has 0 radical (unpaired) electrons. The third-order valence-electron chi connectivity index (χ3n) is 8.12. The first kappa shape index (κ1) is 20.5. The van der Waals surface area contributed by atoms with Crippen LogP contribution in [0.5, 0.6) is 0 Å². The SMILES string of the molecule is CC(=O)Nc1ccc(C)c(NC(=O)C2CCCN2C(=O)C23CC4CC(CC(C4)C2)C3)c1. The molecule has 1 heterocycles. The number of likely N-dealkylation sites (tertiary alicyclic amines) is 1. The predicted molar refractivity (Wildman–Crippen MR) is 119 cm³/mol. The van der Waals surface area contributed by atoms with Crippen molar-refractivity contribution in [1.82, 2.24) is 4.90 Å². The van der Waals surface area contributed by atoms with Crippen LogP contribution in [0, 0.1) is 30.1 Å². The molecule has 6 heteroatoms. The molecule has 5 fully saturated rings. The highest BCUT2D eigenvalue weighted by atomic mass is 16.2. The maximum Gasteiger partial charge on any atom is 0.247 e. The van der Waals surface area contributed by atoms with Gasteiger partial charge in [-0.2, -0.15) is 0 Å². The standard InChI is InChI=1S/C25H33N3O3/c1-15-5-6-20(26-16(2)29)11-21(15)27-23(30)22-4-3-7-28(22)24(31)25-12-17-8-18(13-25)10-19(9-17)14-25/h5-6,11,17-19,22H,3-4,7-10,12-14H2,1-2H3,(H,26,29)(H,27,30). The van der Waals surface area contributed by atoms with Crippen molar-refractivity contribution in [3.05, 3.63) is 23.8 Å². The van der Waals surface area contributed by atoms with Gasteiger partial charge in [0.1, 0.15) is 6.04 Å². The molecular formula is C25H33N3O3. The summed E-state index contributed by atoms with van der Waals surface area (Å²) in [5.41, 5.74) is 2.06. The number of nitrogens with one attached hydrogen (secondary N) is 2. The van der Waals surface area contributed by atoms with Crippen LogP contribution in [0.1, 0.15) is 63.9 Å². The second-order valence-corrected chi connectivity index (χ2v) is 10.6. The molecule has 1 aliphatic heterocycles. The second-order valence-electron chi connectivity index (χ2n) is 10.6. The Morgan fingerprint density at radius 2 is 1.65 bits per heavy atom. The van der Waals surface area contributed by atoms with Crippen LogP contribution in [0.3, 0.4) is 0 Å². The maximum absolute atomic E-state index is 13.8. The molecule has 31 heavy (non-hydrogen) atoms. The molecule has 4 aliphatic carbocycles. The van der Waals surface area contributed by atoms with Crippen LogP contribution in [0.2, 0.25) is 0 Å². The van der Waals surface area contributed by atoms with Gasteiger partial charge in [-0.3, -0.25) is 14.4 Å². The fourth-order valence-electron chi connectivity index (χ4n) is 7.21. The Balaban J connectivity index is 1.32. The highest BCUT2D eigenvalue weighted by Gasteiger charge is 2.56. The van der Waals surface area contributed by atoms with Crippen LogP contribution >= 0.6 is 0 Å². The van der Waals surface area contributed by atoms with E-state index in [1.54, 1.807) is 6.07 Å². The normalized spacial score (nSPS) is 33.4. The molecule has 166 valence electrons. The Bertz CT molecular complexity index is 889. The summed E-state index contributed by atoms with van der Waals surface area (Å²) in [4.78, 5) is 40.3. The summed E-state index contributed by atoms with van der Waals surface area (Å²) < 4.78 is 0. The predicted octanol–water partition coefficient (Wildman–Crippen LogP) is 4.10. The van der Waals surface area contributed by atoms with E-state index in [0.717, 1.165) is 31.2 Å². The summed E-state index contributed by atoms with van der Waals surface area (Å²) in [6, 6.07) is 5.09. The summed E-state index contributed by atoms with van der Waals surface area (Å²) in [6.07, 6.45) is 8.60. The van der Waals surface area contributed by atoms with Crippen LogP contribution in [-0.4, -0.2) is 35.2 Å². The van der Waals surface area contributed by atoms with Gasteiger partial charge in [0.05, 0.1) is 5.41 Å². The van der Waals surface area contributed by atoms with Gasteiger partial charge in [0.15, 0.2) is 0 Å². The van der Waals surface area contributed by atoms with Gasteiger partial charge < -0.3 is 15.5 Å². The summed E-state index contributed by atoms with van der Waals surface area (Å²) in [6.45, 7) is 4.08. The minimum absolute atomic E-state index is 0.112. The molecule has 1 unspecified atom stereocenters. The monoisotopic (exact) mass is 423 g/mol. The highest BCUT2D eigenvalue weighted by Crippen LogP contribution is 2.60. The Hall–Kier alpha value is -2.37. The lowest BCUT2D eigenvalue weighted by Crippen LogP contribution is -2.56. The van der Waals surface area contributed by atoms with Crippen molar-refractivity contribution in [2.75, 3.05) is 17.2 Å². The number of nitrogens with zero attached hydrogens (tertiary/aromatic N) is 1. The fraction of sp³-hybridized carbons (Fsp3) is 0.640. The van der Waals surface area contributed by atoms with Crippen molar-refractivity contribution in [2.24, 2.45) is 23.2 Å². The third kappa shape index (κ3) is 3.74. The number of amides is 3. The molecule has 2 N–H and O–H groups in total. The van der Waals surface area contributed by atoms with Crippen molar-refractivity contribution < 1.29 is 14.4 Å². The highest BCUT2D eigenvalue weighted by molar-refractivity contribution is 5.99. The van der Waals surface area contributed by atoms with E-state index in [1.165, 1.54) is 26.2 Å². The number of aryl methyl sites for hydroxylation is 1. The molecule has 0 spiro atoms. The van der Waals surface area contributed by atoms with Crippen LogP contribution < -0.4 is 10.6 Å². The fourth-order valence-corrected chi connectivity index (χ4v) is 7.21. The average Bonchev–Trinajstić information content (AvgIpc) is 3.18. The lowest BCUT2D eigenvalue weighted by atomic mass is 9.49. The number of carbonyl (C=O) groups is 3. The van der Waals surface area contributed by atoms with E-state index in [-0.39, 0.29) is 23.1 Å². The Morgan fingerprint density at radius 1 is 1.00 bits per heavy atom. The summed E-state index contributed by atoms with van der Waals surface area (Å²) in [7, 11) is 0. The van der Waals surface area contributed by atoms with Crippen LogP contribution in [0.4, 0.5) is 11.4 Å². The Morgan fingerprint density at radius 3 is 2.26 bits per heavy atom. The summed E-state index contributed by atoms with van der Waals surface area (Å²) in [5, 5.41) is 5.80. The van der Waals surface area contributed by atoms with Gasteiger partial charge in [-0.15, -0.1) is 0 Å². The zero-order valence-corrected chi connectivity index (χ0v) is 18.6. The van der Waals surface area contributed by atoms with Gasteiger partial charge >= 0.3 is 0 Å². The van der Waals surface area contributed by atoms with Crippen molar-refractivity contribution in [1.29, 1.82) is 0 Å². The molecule has 1 atom stereocenters. The van der Waals surface area contributed by atoms with E-state index < -0.39 is 6.04 Å². The quantitative estimate of drug-likeness (QED) is 0.765. The van der Waals surface area contributed by atoms with Gasteiger partial charge in [0.25, 0.3) is 0 Å². The Kier molecular flexibility index (Phi) is 5.06. The molecule has 4 saturated carbocycles. The smallest absolute Gasteiger partial charge is 0.247 e. The number of benzene rings is 1. The van der Waals surface area contributed by atoms with Crippen LogP contribution in [0.25, 0.3) is 0 Å². The zero-order valence-electron chi connectivity index (χ0n) is 18.6. The number of hydrogen-bond acceptors (Lipinski definition) is 3. The largest absolute Gasteiger partial charge is 0.330 e. The van der Waals surface area contributed by atoms with E-state index in [4.69, 9.17) is 0 Å². The topological polar surface area (TPSA) is 78.5 Å². The molecule has 6 nitrogen and oxygen atoms in total. The van der Waals surface area contributed by atoms with Gasteiger partial charge in [-0.25, -0.2) is 0 Å². The minimum atomic E-state index is -0.399. The van der Waals surface area contributed by atoms with Crippen molar-refractivity contribution in [3.8, 4) is 0 Å². The van der Waals surface area contributed by atoms with Crippen LogP contribution in [0.15, 0.2) is 18.2 Å². The average molecular weight is 424 g/mol. The van der Waals surface area contributed by atoms with Crippen LogP contribution in [-0.2, 0) is 14.4 Å². The first-order chi connectivity index (χ1) is 14.8. The molecule has 6 rings (SSSR count). The van der Waals surface area contributed by atoms with E-state index in [0.29, 0.717) is 42.1 Å². The second kappa shape index (κ2) is 7.64. The van der Waals surface area contributed by atoms with E-state index in [2.05, 4.69) is 10.6 Å². The van der Waals surface area contributed by atoms with E-state index in [9.17, 15) is 14.4 Å². The lowest BCUT2D eigenvalue weighted by Gasteiger charge is -2.56. The lowest BCUT2D eigenvalue weighted by molar-refractivity contribution is -0.160. The molecule has 1 saturated heterocycles. The molecule has 1 aromatic carbocycles. The molecule has 5 aliphatic rings. The molecule has 1 aromatic rings. The molecular weight excluding hydrogens is 390 g/mol. The van der Waals surface area contributed by atoms with Gasteiger partial charge in [-0.1, -0.05) is 6.07 Å². The summed E-state index contributed by atoms with van der Waals surface area (Å²) in [5.74, 6) is 2.12. The number of carbonyl (C=O) groups excluding carboxylic acids is 3. The van der Waals surface area contributed by atoms with Gasteiger partial charge in [0, 0.05) is 24.8 Å². The number of rotatable bonds is 4. The van der Waals surface area contributed by atoms with Gasteiger partial charge in [0.2, 0.25) is 17.7 Å². The number of anilines is 2. The van der Waals surface area contributed by atoms with E-state index in [1.807, 2.05) is 24.0 Å². The van der Waals surface area contributed by atoms with E-state index >= 15 is 0 Å². The minimum Gasteiger partial charge on any atom is -0.330 e. The molecule has 0 aromatic heterocycles. The van der Waals surface area contributed by atoms with Gasteiger partial charge in [-0.05, 0) is 93.7 Å². The first-order valence-corrected chi connectivity index (χ1v) is 11.8. The third-order valence-corrected chi connectivity index (χ3v) is 8.12. The molecule has 3 amide bonds. The van der Waals surface area contributed by atoms with Crippen molar-refractivity contribution in [3.63, 3.8) is 0 Å².